The van der Waals surface area contributed by atoms with Crippen molar-refractivity contribution in [3.63, 3.8) is 0 Å². The molecule has 145 heavy (non-hydrogen) atoms. The van der Waals surface area contributed by atoms with E-state index in [0.717, 1.165) is 74.2 Å². The lowest BCUT2D eigenvalue weighted by Crippen LogP contribution is -2.67. The lowest BCUT2D eigenvalue weighted by molar-refractivity contribution is 0.233. The van der Waals surface area contributed by atoms with Gasteiger partial charge in [0.15, 0.2) is 101 Å². The Morgan fingerprint density at radius 1 is 0.297 bits per heavy atom. The van der Waals surface area contributed by atoms with Gasteiger partial charge in [-0.1, -0.05) is 242 Å². The van der Waals surface area contributed by atoms with Gasteiger partial charge in [-0.2, -0.15) is 0 Å². The molecule has 0 bridgehead atoms. The van der Waals surface area contributed by atoms with Crippen molar-refractivity contribution in [1.29, 1.82) is 0 Å². The van der Waals surface area contributed by atoms with E-state index < -0.39 is 226 Å². The molecule has 0 aromatic heterocycles. The third-order valence-electron chi connectivity index (χ3n) is 20.0. The molecule has 7 fully saturated rings. The monoisotopic (exact) mass is 2520 g/mol. The molecule has 3 aromatic carbocycles. The number of hydrogen-bond donors (Lipinski definition) is 0. The molecule has 9 atom stereocenters. The molecule has 7 aliphatic heterocycles. The molecule has 7 heterocycles. The highest BCUT2D eigenvalue weighted by atomic mass is 28.5. The third-order valence-corrected chi connectivity index (χ3v) is 109. The van der Waals surface area contributed by atoms with E-state index in [-0.39, 0.29) is 128 Å². The first-order valence-electron chi connectivity index (χ1n) is 47.7. The topological polar surface area (TPSA) is 220 Å². The standard InChI is InChI=1S/C17H24O3Si3.C12H22O3Si3.C10H30OSi4.C9H28O3Si4.2C7H20O3Si3.3C5H14O2Si2.C2H6OSi.16CH4/c1-21-19-22(2,3)15-14-18-23(20-21,16-10-6-4-7-11-16)17-12-8-5-9-13-17;1-16-14-17(2,3)11-10-13-18(4,15-16)12-8-6-5-7-9-12;1-12(2)9-15(7,8)10-13(3)11-14(4,5)6;1-13(2)10-16(9,11-14(3,4)5)12-15(6,7)8;2*1-11-9-12(2,3)7-6-8-13(4,5)10-11;3*1-8-6-4-5-9(2,3)7-8;1-4(2)3;;;;;;;;;;;;;;;;/h4-13,21H,14-15H2,1-3H3;5-9,16H,10-11H2,1-4H3;12-13H,9-10H2,1-8H3;13H,1-9H3;2*11H,6-7H2,1-5H3;3*8H,4-5H2,1-3H3;1-2H3;16*1H4. The molecule has 23 nitrogen and oxygen atoms in total. The smallest absolute Gasteiger partial charge is 0.458 e. The van der Waals surface area contributed by atoms with Gasteiger partial charge in [-0.15, -0.1) is 0 Å². The molecule has 9 unspecified atom stereocenters. The van der Waals surface area contributed by atoms with Crippen molar-refractivity contribution in [1.82, 2.24) is 0 Å². The minimum Gasteiger partial charge on any atom is -0.458 e. The molecule has 0 radical (unpaired) electrons. The first kappa shape index (κ1) is 183. The molecule has 0 aliphatic carbocycles. The molecule has 0 saturated carbocycles. The second-order valence-electron chi connectivity index (χ2n) is 44.7. The van der Waals surface area contributed by atoms with Crippen LogP contribution in [-0.2, 0) is 97.2 Å². The summed E-state index contributed by atoms with van der Waals surface area (Å²) in [6.45, 7) is 105. The Morgan fingerprint density at radius 3 is 0.772 bits per heavy atom. The van der Waals surface area contributed by atoms with Gasteiger partial charge in [0.2, 0.25) is 0 Å². The van der Waals surface area contributed by atoms with Crippen LogP contribution in [0.3, 0.4) is 0 Å². The van der Waals surface area contributed by atoms with E-state index in [1.54, 1.807) is 18.8 Å². The summed E-state index contributed by atoms with van der Waals surface area (Å²) >= 11 is 0. The van der Waals surface area contributed by atoms with Crippen LogP contribution in [-0.4, -0.2) is 281 Å². The van der Waals surface area contributed by atoms with E-state index in [0.29, 0.717) is 6.61 Å². The van der Waals surface area contributed by atoms with Gasteiger partial charge < -0.3 is 97.2 Å². The van der Waals surface area contributed by atoms with E-state index in [1.807, 2.05) is 30.3 Å². The Morgan fingerprint density at radius 2 is 0.531 bits per heavy atom. The molecule has 7 saturated heterocycles. The van der Waals surface area contributed by atoms with Crippen LogP contribution in [0.5, 0.6) is 0 Å². The highest BCUT2D eigenvalue weighted by Gasteiger charge is 2.49. The van der Waals surface area contributed by atoms with E-state index in [9.17, 15) is 4.46 Å². The summed E-state index contributed by atoms with van der Waals surface area (Å²) in [5, 5.41) is 3.53. The van der Waals surface area contributed by atoms with Crippen molar-refractivity contribution in [2.45, 2.75) is 467 Å². The molecule has 10 rings (SSSR count). The van der Waals surface area contributed by atoms with Crippen LogP contribution in [0.25, 0.3) is 0 Å². The van der Waals surface area contributed by atoms with E-state index >= 15 is 0 Å². The number of hydrogen-bond acceptors (Lipinski definition) is 23. The average Bonchev–Trinajstić information content (AvgIpc) is 0.761. The fourth-order valence-electron chi connectivity index (χ4n) is 15.6. The summed E-state index contributed by atoms with van der Waals surface area (Å²) in [4.78, 5) is 0. The van der Waals surface area contributed by atoms with Crippen LogP contribution in [0.15, 0.2) is 91.0 Å². The van der Waals surface area contributed by atoms with Gasteiger partial charge in [0.1, 0.15) is 0 Å². The second kappa shape index (κ2) is 82.8. The summed E-state index contributed by atoms with van der Waals surface area (Å²) < 4.78 is 141. The summed E-state index contributed by atoms with van der Waals surface area (Å²) in [7, 11) is -39.4. The molecule has 7 aliphatic rings. The maximum absolute atomic E-state index is 9.63. The van der Waals surface area contributed by atoms with Gasteiger partial charge in [0.25, 0.3) is 45.8 Å². The molecule has 0 amide bonds. The predicted molar refractivity (Wildman–Crippen MR) is 721 cm³/mol. The summed E-state index contributed by atoms with van der Waals surface area (Å²) in [6.07, 6.45) is 0. The van der Waals surface area contributed by atoms with Crippen LogP contribution in [0, 0.1) is 0 Å². The Bertz CT molecular complexity index is 3360. The molecule has 0 spiro atoms. The average molecular weight is 2530 g/mol. The first-order valence-corrected chi connectivity index (χ1v) is 121. The van der Waals surface area contributed by atoms with Gasteiger partial charge >= 0.3 is 70.9 Å². The zero-order valence-electron chi connectivity index (χ0n) is 90.1. The highest BCUT2D eigenvalue weighted by molar-refractivity contribution is 6.97. The molecule has 50 heteroatoms. The van der Waals surface area contributed by atoms with Crippen molar-refractivity contribution in [3.05, 3.63) is 91.0 Å². The fourth-order valence-corrected chi connectivity index (χ4v) is 110. The molecule has 882 valence electrons. The van der Waals surface area contributed by atoms with Gasteiger partial charge in [0.05, 0.1) is 0 Å². The molecule has 3 aromatic rings. The minimum absolute atomic E-state index is 0. The van der Waals surface area contributed by atoms with Crippen molar-refractivity contribution in [2.24, 2.45) is 0 Å². The summed E-state index contributed by atoms with van der Waals surface area (Å²) in [5.41, 5.74) is 3.09. The fraction of sp³-hybridized carbons (Fsp3) is 0.811. The zero-order valence-corrected chi connectivity index (χ0v) is 119. The molecular weight excluding hydrogens is 2270 g/mol. The predicted octanol–water partition coefficient (Wildman–Crippen LogP) is 28.9. The molecular formula is C95H256O23Si27. The summed E-state index contributed by atoms with van der Waals surface area (Å²) in [5.74, 6) is 0. The molecule has 0 N–H and O–H groups in total. The van der Waals surface area contributed by atoms with Crippen LogP contribution in [0.1, 0.15) is 119 Å². The summed E-state index contributed by atoms with van der Waals surface area (Å²) in [6, 6.07) is 39.0. The largest absolute Gasteiger partial charge is 0.466 e. The van der Waals surface area contributed by atoms with E-state index in [1.165, 1.54) is 29.0 Å². The lowest BCUT2D eigenvalue weighted by Gasteiger charge is -2.39. The maximum atomic E-state index is 9.63. The van der Waals surface area contributed by atoms with Crippen LogP contribution < -0.4 is 15.6 Å². The van der Waals surface area contributed by atoms with Gasteiger partial charge in [0, 0.05) is 69.7 Å². The van der Waals surface area contributed by atoms with Crippen molar-refractivity contribution < 1.29 is 97.2 Å². The Hall–Kier alpha value is 2.44. The zero-order chi connectivity index (χ0) is 99.6. The number of rotatable bonds is 15. The minimum atomic E-state index is -2.68. The van der Waals surface area contributed by atoms with Gasteiger partial charge in [-0.05, 0) is 325 Å². The Kier molecular flexibility index (Phi) is 104. The maximum Gasteiger partial charge on any atom is 0.466 e. The van der Waals surface area contributed by atoms with Gasteiger partial charge in [-0.3, -0.25) is 0 Å². The van der Waals surface area contributed by atoms with Crippen molar-refractivity contribution >= 4 is 250 Å². The lowest BCUT2D eigenvalue weighted by atomic mass is 10.4. The van der Waals surface area contributed by atoms with Crippen molar-refractivity contribution in [3.8, 4) is 0 Å². The van der Waals surface area contributed by atoms with Crippen LogP contribution >= 0.6 is 0 Å². The number of benzene rings is 3. The highest BCUT2D eigenvalue weighted by Crippen LogP contribution is 2.30. The Balaban J connectivity index is -0.0000000917. The van der Waals surface area contributed by atoms with Crippen LogP contribution in [0.4, 0.5) is 0 Å². The first-order chi connectivity index (χ1) is 58.4. The van der Waals surface area contributed by atoms with E-state index in [2.05, 4.69) is 342 Å². The third kappa shape index (κ3) is 89.8. The van der Waals surface area contributed by atoms with Gasteiger partial charge in [-0.25, -0.2) is 0 Å². The van der Waals surface area contributed by atoms with Crippen LogP contribution in [0.2, 0.25) is 348 Å². The SMILES string of the molecule is C.C.C.C.C.C.C.C.C.C.C.C.C.C.C.C.C[SiH](C)C[Si](C)(C)C[SiH](C)O[Si](C)(C)C.C[SiH](C)O[Si](C)(O[Si](C)(C)C)O[Si](C)(C)C.C[SiH]1OCC[Si](C)(C)O1.C[SiH]1OCC[Si](C)(C)O1.C[SiH]1OCC[Si](C)(C)O1.C[SiH]1O[Si](C)(C)CCO[Si](C)(C)O1.C[SiH]1O[Si](C)(C)CCO[Si](C)(C)O1.C[SiH]1O[Si](C)(C)CCO[Si](C)(c2ccccc2)O1.C[SiH]1O[Si](C)(C)CCO[Si](c2ccccc2)(c2ccccc2)O1.C[Si](C)=O. The Labute approximate surface area is 943 Å². The quantitative estimate of drug-likeness (QED) is 0.129. The van der Waals surface area contributed by atoms with E-state index in [4.69, 9.17) is 92.7 Å². The normalized spacial score (nSPS) is 23.6. The van der Waals surface area contributed by atoms with Crippen molar-refractivity contribution in [2.75, 3.05) is 46.2 Å². The second-order valence-corrected chi connectivity index (χ2v) is 138.